The molecule has 1 amide bonds. The molecule has 0 radical (unpaired) electrons. The van der Waals surface area contributed by atoms with Crippen molar-refractivity contribution in [2.45, 2.75) is 19.8 Å². The van der Waals surface area contributed by atoms with Crippen LogP contribution in [0.4, 0.5) is 10.1 Å². The van der Waals surface area contributed by atoms with Gasteiger partial charge in [-0.15, -0.1) is 0 Å². The van der Waals surface area contributed by atoms with E-state index in [1.54, 1.807) is 6.07 Å². The number of amides is 1. The standard InChI is InChI=1S/C19H16BrFN2O/c1-12(2)14-5-3-13(4-6-14)9-15(11-22)19(24)23-18-8-7-16(20)10-17(18)21/h3-10,12H,1-2H3,(H,23,24)/b15-9+. The van der Waals surface area contributed by atoms with Crippen LogP contribution in [-0.4, -0.2) is 5.91 Å². The fourth-order valence-corrected chi connectivity index (χ4v) is 2.41. The third kappa shape index (κ3) is 4.53. The molecule has 0 fully saturated rings. The van der Waals surface area contributed by atoms with Gasteiger partial charge in [0, 0.05) is 4.47 Å². The number of nitriles is 1. The van der Waals surface area contributed by atoms with Gasteiger partial charge in [0.25, 0.3) is 5.91 Å². The van der Waals surface area contributed by atoms with E-state index in [1.165, 1.54) is 23.8 Å². The Labute approximate surface area is 148 Å². The topological polar surface area (TPSA) is 52.9 Å². The zero-order valence-electron chi connectivity index (χ0n) is 13.3. The Kier molecular flexibility index (Phi) is 5.88. The van der Waals surface area contributed by atoms with Crippen molar-refractivity contribution in [1.82, 2.24) is 0 Å². The summed E-state index contributed by atoms with van der Waals surface area (Å²) in [5.41, 5.74) is 1.85. The molecule has 0 saturated carbocycles. The summed E-state index contributed by atoms with van der Waals surface area (Å²) in [6, 6.07) is 13.8. The van der Waals surface area contributed by atoms with Crippen molar-refractivity contribution < 1.29 is 9.18 Å². The van der Waals surface area contributed by atoms with Crippen LogP contribution < -0.4 is 5.32 Å². The lowest BCUT2D eigenvalue weighted by molar-refractivity contribution is -0.112. The van der Waals surface area contributed by atoms with Gasteiger partial charge in [-0.2, -0.15) is 5.26 Å². The Morgan fingerprint density at radius 3 is 2.46 bits per heavy atom. The number of carbonyl (C=O) groups is 1. The van der Waals surface area contributed by atoms with Gasteiger partial charge in [-0.3, -0.25) is 4.79 Å². The number of anilines is 1. The van der Waals surface area contributed by atoms with Crippen LogP contribution in [0.5, 0.6) is 0 Å². The predicted molar refractivity (Wildman–Crippen MR) is 96.9 cm³/mol. The van der Waals surface area contributed by atoms with E-state index < -0.39 is 11.7 Å². The number of nitrogens with one attached hydrogen (secondary N) is 1. The number of carbonyl (C=O) groups excluding carboxylic acids is 1. The minimum atomic E-state index is -0.647. The normalized spacial score (nSPS) is 11.2. The van der Waals surface area contributed by atoms with Crippen LogP contribution in [0, 0.1) is 17.1 Å². The Hall–Kier alpha value is -2.45. The molecule has 0 spiro atoms. The highest BCUT2D eigenvalue weighted by atomic mass is 79.9. The Bertz CT molecular complexity index is 820. The van der Waals surface area contributed by atoms with Crippen LogP contribution in [0.3, 0.4) is 0 Å². The maximum absolute atomic E-state index is 13.8. The number of rotatable bonds is 4. The zero-order valence-corrected chi connectivity index (χ0v) is 14.9. The summed E-state index contributed by atoms with van der Waals surface area (Å²) in [5, 5.41) is 11.6. The van der Waals surface area contributed by atoms with Crippen molar-refractivity contribution in [3.8, 4) is 6.07 Å². The highest BCUT2D eigenvalue weighted by molar-refractivity contribution is 9.10. The average Bonchev–Trinajstić information content (AvgIpc) is 2.55. The third-order valence-corrected chi connectivity index (χ3v) is 3.95. The van der Waals surface area contributed by atoms with E-state index in [-0.39, 0.29) is 11.3 Å². The van der Waals surface area contributed by atoms with Crippen molar-refractivity contribution in [2.75, 3.05) is 5.32 Å². The van der Waals surface area contributed by atoms with Crippen molar-refractivity contribution in [3.63, 3.8) is 0 Å². The van der Waals surface area contributed by atoms with Gasteiger partial charge in [-0.05, 0) is 41.3 Å². The number of nitrogens with zero attached hydrogens (tertiary/aromatic N) is 1. The highest BCUT2D eigenvalue weighted by Crippen LogP contribution is 2.20. The van der Waals surface area contributed by atoms with Gasteiger partial charge in [0.05, 0.1) is 5.69 Å². The zero-order chi connectivity index (χ0) is 17.7. The van der Waals surface area contributed by atoms with Crippen LogP contribution in [0.2, 0.25) is 0 Å². The smallest absolute Gasteiger partial charge is 0.266 e. The molecule has 0 bridgehead atoms. The SMILES string of the molecule is CC(C)c1ccc(/C=C(\C#N)C(=O)Nc2ccc(Br)cc2F)cc1. The molecular formula is C19H16BrFN2O. The van der Waals surface area contributed by atoms with Gasteiger partial charge in [-0.1, -0.05) is 54.0 Å². The molecule has 0 aliphatic carbocycles. The fraction of sp³-hybridized carbons (Fsp3) is 0.158. The summed E-state index contributed by atoms with van der Waals surface area (Å²) in [6.45, 7) is 4.18. The molecule has 2 rings (SSSR count). The van der Waals surface area contributed by atoms with Crippen LogP contribution in [0.25, 0.3) is 6.08 Å². The molecule has 2 aromatic rings. The first-order valence-corrected chi connectivity index (χ1v) is 8.18. The molecule has 0 unspecified atom stereocenters. The molecule has 1 N–H and O–H groups in total. The first-order chi connectivity index (χ1) is 11.4. The van der Waals surface area contributed by atoms with E-state index in [0.717, 1.165) is 5.56 Å². The monoisotopic (exact) mass is 386 g/mol. The summed E-state index contributed by atoms with van der Waals surface area (Å²) in [4.78, 5) is 12.2. The third-order valence-electron chi connectivity index (χ3n) is 3.46. The molecule has 24 heavy (non-hydrogen) atoms. The van der Waals surface area contributed by atoms with Gasteiger partial charge < -0.3 is 5.32 Å². The molecule has 5 heteroatoms. The molecule has 0 aromatic heterocycles. The number of hydrogen-bond acceptors (Lipinski definition) is 2. The van der Waals surface area contributed by atoms with E-state index in [1.807, 2.05) is 30.3 Å². The second kappa shape index (κ2) is 7.89. The molecule has 3 nitrogen and oxygen atoms in total. The van der Waals surface area contributed by atoms with Crippen LogP contribution in [0.1, 0.15) is 30.9 Å². The largest absolute Gasteiger partial charge is 0.319 e. The summed E-state index contributed by atoms with van der Waals surface area (Å²) in [7, 11) is 0. The maximum atomic E-state index is 13.8. The van der Waals surface area contributed by atoms with Crippen LogP contribution in [-0.2, 0) is 4.79 Å². The first kappa shape index (κ1) is 17.9. The van der Waals surface area contributed by atoms with E-state index in [4.69, 9.17) is 0 Å². The molecule has 2 aromatic carbocycles. The minimum absolute atomic E-state index is 0.0273. The van der Waals surface area contributed by atoms with Gasteiger partial charge in [0.15, 0.2) is 0 Å². The lowest BCUT2D eigenvalue weighted by atomic mass is 10.0. The molecule has 0 atom stereocenters. The van der Waals surface area contributed by atoms with Crippen molar-refractivity contribution >= 4 is 33.6 Å². The first-order valence-electron chi connectivity index (χ1n) is 7.39. The Morgan fingerprint density at radius 2 is 1.92 bits per heavy atom. The number of halogens is 2. The summed E-state index contributed by atoms with van der Waals surface area (Å²) in [6.07, 6.45) is 1.48. The Balaban J connectivity index is 2.20. The van der Waals surface area contributed by atoms with Gasteiger partial charge in [0.1, 0.15) is 17.5 Å². The van der Waals surface area contributed by atoms with Crippen molar-refractivity contribution in [3.05, 3.63) is 69.5 Å². The van der Waals surface area contributed by atoms with E-state index in [2.05, 4.69) is 35.1 Å². The maximum Gasteiger partial charge on any atom is 0.266 e. The van der Waals surface area contributed by atoms with Gasteiger partial charge in [-0.25, -0.2) is 4.39 Å². The summed E-state index contributed by atoms with van der Waals surface area (Å²) >= 11 is 3.15. The van der Waals surface area contributed by atoms with Crippen LogP contribution in [0.15, 0.2) is 52.5 Å². The summed E-state index contributed by atoms with van der Waals surface area (Å²) in [5.74, 6) is -0.815. The fourth-order valence-electron chi connectivity index (χ4n) is 2.07. The van der Waals surface area contributed by atoms with E-state index >= 15 is 0 Å². The van der Waals surface area contributed by atoms with E-state index in [9.17, 15) is 14.4 Å². The highest BCUT2D eigenvalue weighted by Gasteiger charge is 2.12. The lowest BCUT2D eigenvalue weighted by Gasteiger charge is -2.07. The van der Waals surface area contributed by atoms with Crippen molar-refractivity contribution in [2.24, 2.45) is 0 Å². The van der Waals surface area contributed by atoms with Crippen molar-refractivity contribution in [1.29, 1.82) is 5.26 Å². The molecule has 0 aliphatic heterocycles. The molecular weight excluding hydrogens is 371 g/mol. The second-order valence-electron chi connectivity index (χ2n) is 5.57. The number of benzene rings is 2. The molecule has 0 aliphatic rings. The van der Waals surface area contributed by atoms with Gasteiger partial charge in [0.2, 0.25) is 0 Å². The van der Waals surface area contributed by atoms with Crippen LogP contribution >= 0.6 is 15.9 Å². The second-order valence-corrected chi connectivity index (χ2v) is 6.49. The molecule has 122 valence electrons. The summed E-state index contributed by atoms with van der Waals surface area (Å²) < 4.78 is 14.3. The lowest BCUT2D eigenvalue weighted by Crippen LogP contribution is -2.14. The Morgan fingerprint density at radius 1 is 1.25 bits per heavy atom. The number of hydrogen-bond donors (Lipinski definition) is 1. The molecule has 0 saturated heterocycles. The molecule has 0 heterocycles. The predicted octanol–water partition coefficient (Wildman–Crippen LogP) is 5.26. The minimum Gasteiger partial charge on any atom is -0.319 e. The quantitative estimate of drug-likeness (QED) is 0.575. The van der Waals surface area contributed by atoms with Gasteiger partial charge >= 0.3 is 0 Å². The van der Waals surface area contributed by atoms with E-state index in [0.29, 0.717) is 10.4 Å². The average molecular weight is 387 g/mol.